The largest absolute Gasteiger partial charge is 0.508 e. The summed E-state index contributed by atoms with van der Waals surface area (Å²) < 4.78 is 0. The minimum Gasteiger partial charge on any atom is -0.508 e. The molecule has 0 aliphatic rings. The van der Waals surface area contributed by atoms with Crippen LogP contribution in [0.15, 0.2) is 24.3 Å². The molecule has 30 heavy (non-hydrogen) atoms. The lowest BCUT2D eigenvalue weighted by Gasteiger charge is -2.23. The molecule has 1 rings (SSSR count). The lowest BCUT2D eigenvalue weighted by Crippen LogP contribution is -2.56. The smallest absolute Gasteiger partial charge is 0.322 e. The number of benzene rings is 1. The van der Waals surface area contributed by atoms with E-state index in [0.29, 0.717) is 5.56 Å². The molecule has 0 fully saturated rings. The van der Waals surface area contributed by atoms with E-state index < -0.39 is 60.8 Å². The number of carbonyl (C=O) groups is 5. The number of carbonyl (C=O) groups excluding carboxylic acids is 3. The molecule has 12 nitrogen and oxygen atoms in total. The summed E-state index contributed by atoms with van der Waals surface area (Å²) in [5.41, 5.74) is 6.07. The summed E-state index contributed by atoms with van der Waals surface area (Å²) in [5, 5.41) is 33.6. The fourth-order valence-corrected chi connectivity index (χ4v) is 2.32. The maximum Gasteiger partial charge on any atom is 0.322 e. The number of carboxylic acids is 2. The minimum absolute atomic E-state index is 0.00371. The van der Waals surface area contributed by atoms with Crippen molar-refractivity contribution in [2.24, 2.45) is 5.73 Å². The van der Waals surface area contributed by atoms with Crippen molar-refractivity contribution in [1.29, 1.82) is 0 Å². The average Bonchev–Trinajstić information content (AvgIpc) is 2.65. The van der Waals surface area contributed by atoms with Gasteiger partial charge in [-0.05, 0) is 24.6 Å². The van der Waals surface area contributed by atoms with Crippen LogP contribution in [0.2, 0.25) is 0 Å². The average molecular weight is 424 g/mol. The van der Waals surface area contributed by atoms with Crippen molar-refractivity contribution in [3.05, 3.63) is 29.8 Å². The predicted molar refractivity (Wildman–Crippen MR) is 102 cm³/mol. The Labute approximate surface area is 171 Å². The predicted octanol–water partition coefficient (Wildman–Crippen LogP) is -2.07. The van der Waals surface area contributed by atoms with Crippen LogP contribution < -0.4 is 21.7 Å². The molecule has 0 spiro atoms. The van der Waals surface area contributed by atoms with Gasteiger partial charge in [-0.1, -0.05) is 12.1 Å². The highest BCUT2D eigenvalue weighted by atomic mass is 16.4. The SMILES string of the molecule is CC(N)C(=O)NC(Cc1ccc(O)cc1)C(=O)NC(CC(=O)O)C(=O)NCC(=O)O. The van der Waals surface area contributed by atoms with E-state index in [2.05, 4.69) is 10.6 Å². The monoisotopic (exact) mass is 424 g/mol. The third-order valence-corrected chi connectivity index (χ3v) is 3.85. The number of amides is 3. The lowest BCUT2D eigenvalue weighted by atomic mass is 10.0. The highest BCUT2D eigenvalue weighted by molar-refractivity contribution is 5.95. The Balaban J connectivity index is 3.00. The van der Waals surface area contributed by atoms with Crippen LogP contribution in [0, 0.1) is 0 Å². The summed E-state index contributed by atoms with van der Waals surface area (Å²) >= 11 is 0. The molecule has 0 aliphatic carbocycles. The Kier molecular flexibility index (Phi) is 9.23. The Morgan fingerprint density at radius 3 is 1.97 bits per heavy atom. The number of phenolic OH excluding ortho intramolecular Hbond substituents is 1. The van der Waals surface area contributed by atoms with Crippen LogP contribution in [-0.2, 0) is 30.4 Å². The Morgan fingerprint density at radius 2 is 1.47 bits per heavy atom. The molecule has 0 saturated carbocycles. The maximum absolute atomic E-state index is 12.7. The molecule has 1 aromatic carbocycles. The minimum atomic E-state index is -1.57. The van der Waals surface area contributed by atoms with E-state index in [9.17, 15) is 29.1 Å². The standard InChI is InChI=1S/C18H24N4O8/c1-9(19)16(28)21-12(6-10-2-4-11(23)5-3-10)18(30)22-13(7-14(24)25)17(29)20-8-15(26)27/h2-5,9,12-13,23H,6-8,19H2,1H3,(H,20,29)(H,21,28)(H,22,30)(H,24,25)(H,26,27). The molecular formula is C18H24N4O8. The summed E-state index contributed by atoms with van der Waals surface area (Å²) in [5.74, 6) is -5.28. The van der Waals surface area contributed by atoms with Gasteiger partial charge in [-0.3, -0.25) is 24.0 Å². The van der Waals surface area contributed by atoms with Gasteiger partial charge in [-0.2, -0.15) is 0 Å². The van der Waals surface area contributed by atoms with E-state index in [0.717, 1.165) is 0 Å². The van der Waals surface area contributed by atoms with Gasteiger partial charge >= 0.3 is 11.9 Å². The highest BCUT2D eigenvalue weighted by Gasteiger charge is 2.29. The zero-order chi connectivity index (χ0) is 22.8. The molecule has 0 aromatic heterocycles. The van der Waals surface area contributed by atoms with E-state index in [4.69, 9.17) is 15.9 Å². The van der Waals surface area contributed by atoms with E-state index in [1.807, 2.05) is 5.32 Å². The van der Waals surface area contributed by atoms with Gasteiger partial charge in [0.25, 0.3) is 0 Å². The molecule has 8 N–H and O–H groups in total. The summed E-state index contributed by atoms with van der Waals surface area (Å²) in [6.45, 7) is 0.640. The van der Waals surface area contributed by atoms with Crippen molar-refractivity contribution in [3.8, 4) is 5.75 Å². The molecule has 0 radical (unpaired) electrons. The summed E-state index contributed by atoms with van der Waals surface area (Å²) in [7, 11) is 0. The van der Waals surface area contributed by atoms with Crippen LogP contribution in [0.5, 0.6) is 5.75 Å². The molecule has 0 aliphatic heterocycles. The van der Waals surface area contributed by atoms with Crippen molar-refractivity contribution < 1.29 is 39.3 Å². The first kappa shape index (κ1) is 24.4. The van der Waals surface area contributed by atoms with Gasteiger partial charge in [0.15, 0.2) is 0 Å². The fraction of sp³-hybridized carbons (Fsp3) is 0.389. The number of nitrogens with two attached hydrogens (primary N) is 1. The van der Waals surface area contributed by atoms with E-state index in [1.165, 1.54) is 31.2 Å². The topological polar surface area (TPSA) is 208 Å². The Bertz CT molecular complexity index is 794. The van der Waals surface area contributed by atoms with E-state index in [1.54, 1.807) is 0 Å². The number of aromatic hydroxyl groups is 1. The molecule has 0 bridgehead atoms. The number of hydrogen-bond donors (Lipinski definition) is 7. The van der Waals surface area contributed by atoms with Gasteiger partial charge in [0.05, 0.1) is 12.5 Å². The molecular weight excluding hydrogens is 400 g/mol. The van der Waals surface area contributed by atoms with Crippen LogP contribution in [0.25, 0.3) is 0 Å². The van der Waals surface area contributed by atoms with Gasteiger partial charge in [0.1, 0.15) is 24.4 Å². The summed E-state index contributed by atoms with van der Waals surface area (Å²) in [6.07, 6.45) is -0.842. The van der Waals surface area contributed by atoms with Gasteiger partial charge in [0.2, 0.25) is 17.7 Å². The molecule has 3 unspecified atom stereocenters. The van der Waals surface area contributed by atoms with Crippen molar-refractivity contribution >= 4 is 29.7 Å². The molecule has 1 aromatic rings. The second kappa shape index (κ2) is 11.4. The van der Waals surface area contributed by atoms with Gasteiger partial charge in [-0.25, -0.2) is 0 Å². The molecule has 0 heterocycles. The second-order valence-electron chi connectivity index (χ2n) is 6.49. The summed E-state index contributed by atoms with van der Waals surface area (Å²) in [4.78, 5) is 58.4. The first-order valence-corrected chi connectivity index (χ1v) is 8.85. The molecule has 3 atom stereocenters. The maximum atomic E-state index is 12.7. The zero-order valence-electron chi connectivity index (χ0n) is 16.1. The van der Waals surface area contributed by atoms with Crippen LogP contribution in [0.3, 0.4) is 0 Å². The second-order valence-corrected chi connectivity index (χ2v) is 6.49. The van der Waals surface area contributed by atoms with E-state index >= 15 is 0 Å². The van der Waals surface area contributed by atoms with E-state index in [-0.39, 0.29) is 12.2 Å². The van der Waals surface area contributed by atoms with Crippen molar-refractivity contribution in [2.75, 3.05) is 6.54 Å². The van der Waals surface area contributed by atoms with Crippen LogP contribution in [-0.4, -0.2) is 69.7 Å². The van der Waals surface area contributed by atoms with Crippen LogP contribution >= 0.6 is 0 Å². The quantitative estimate of drug-likeness (QED) is 0.208. The molecule has 12 heteroatoms. The first-order valence-electron chi connectivity index (χ1n) is 8.85. The lowest BCUT2D eigenvalue weighted by molar-refractivity contribution is -0.141. The number of phenols is 1. The van der Waals surface area contributed by atoms with Crippen LogP contribution in [0.1, 0.15) is 18.9 Å². The van der Waals surface area contributed by atoms with Gasteiger partial charge in [0, 0.05) is 6.42 Å². The number of rotatable bonds is 11. The number of nitrogens with one attached hydrogen (secondary N) is 3. The van der Waals surface area contributed by atoms with Crippen molar-refractivity contribution in [2.45, 2.75) is 37.9 Å². The Morgan fingerprint density at radius 1 is 0.900 bits per heavy atom. The van der Waals surface area contributed by atoms with Crippen molar-refractivity contribution in [3.63, 3.8) is 0 Å². The van der Waals surface area contributed by atoms with Crippen molar-refractivity contribution in [1.82, 2.24) is 16.0 Å². The fourth-order valence-electron chi connectivity index (χ4n) is 2.32. The first-order chi connectivity index (χ1) is 14.0. The number of carboxylic acid groups (broad SMARTS) is 2. The van der Waals surface area contributed by atoms with Crippen LogP contribution in [0.4, 0.5) is 0 Å². The Hall–Kier alpha value is -3.67. The molecule has 164 valence electrons. The zero-order valence-corrected chi connectivity index (χ0v) is 16.1. The third-order valence-electron chi connectivity index (χ3n) is 3.85. The normalized spacial score (nSPS) is 13.4. The van der Waals surface area contributed by atoms with Gasteiger partial charge in [-0.15, -0.1) is 0 Å². The third kappa shape index (κ3) is 8.56. The van der Waals surface area contributed by atoms with Gasteiger partial charge < -0.3 is 37.0 Å². The molecule has 3 amide bonds. The highest BCUT2D eigenvalue weighted by Crippen LogP contribution is 2.12. The molecule has 0 saturated heterocycles. The number of hydrogen-bond acceptors (Lipinski definition) is 7. The number of aliphatic carboxylic acids is 2. The summed E-state index contributed by atoms with van der Waals surface area (Å²) in [6, 6.07) is 2.08.